The molecule has 2 aromatic heterocycles. The Balaban J connectivity index is 1.41. The van der Waals surface area contributed by atoms with Gasteiger partial charge in [0, 0.05) is 40.7 Å². The molecule has 3 heterocycles. The average Bonchev–Trinajstić information content (AvgIpc) is 3.35. The van der Waals surface area contributed by atoms with E-state index in [1.54, 1.807) is 27.6 Å². The fourth-order valence-corrected chi connectivity index (χ4v) is 4.48. The molecule has 1 N–H and O–H groups in total. The molecular formula is C19H17N3O2S2. The number of anilines is 2. The molecule has 26 heavy (non-hydrogen) atoms. The van der Waals surface area contributed by atoms with Crippen LogP contribution in [-0.2, 0) is 16.0 Å². The van der Waals surface area contributed by atoms with Crippen molar-refractivity contribution in [3.8, 4) is 10.6 Å². The number of aromatic nitrogens is 1. The Morgan fingerprint density at radius 3 is 2.96 bits per heavy atom. The van der Waals surface area contributed by atoms with Gasteiger partial charge in [-0.1, -0.05) is 6.07 Å². The monoisotopic (exact) mass is 383 g/mol. The number of amides is 2. The molecule has 5 nitrogen and oxygen atoms in total. The van der Waals surface area contributed by atoms with Crippen LogP contribution in [0.5, 0.6) is 0 Å². The third-order valence-electron chi connectivity index (χ3n) is 4.18. The Morgan fingerprint density at radius 1 is 1.27 bits per heavy atom. The Labute approximate surface area is 159 Å². The Hall–Kier alpha value is -2.51. The number of benzene rings is 1. The van der Waals surface area contributed by atoms with Gasteiger partial charge in [-0.3, -0.25) is 9.59 Å². The molecule has 0 radical (unpaired) electrons. The van der Waals surface area contributed by atoms with Gasteiger partial charge < -0.3 is 10.2 Å². The summed E-state index contributed by atoms with van der Waals surface area (Å²) < 4.78 is 0. The van der Waals surface area contributed by atoms with Crippen LogP contribution < -0.4 is 10.2 Å². The number of thiazole rings is 1. The molecule has 0 spiro atoms. The molecule has 0 aliphatic carbocycles. The third kappa shape index (κ3) is 3.68. The minimum absolute atomic E-state index is 0.114. The van der Waals surface area contributed by atoms with Crippen molar-refractivity contribution in [3.05, 3.63) is 52.2 Å². The summed E-state index contributed by atoms with van der Waals surface area (Å²) in [6.45, 7) is 0.737. The summed E-state index contributed by atoms with van der Waals surface area (Å²) in [6.07, 6.45) is 1.70. The van der Waals surface area contributed by atoms with Gasteiger partial charge in [0.25, 0.3) is 0 Å². The predicted octanol–water partition coefficient (Wildman–Crippen LogP) is 4.18. The number of carbonyl (C=O) groups excluding carboxylic acids is 2. The van der Waals surface area contributed by atoms with Crippen LogP contribution in [-0.4, -0.2) is 23.3 Å². The van der Waals surface area contributed by atoms with Gasteiger partial charge in [0.05, 0.1) is 12.1 Å². The van der Waals surface area contributed by atoms with Crippen LogP contribution >= 0.6 is 22.7 Å². The fraction of sp³-hybridized carbons (Fsp3) is 0.211. The maximum atomic E-state index is 12.3. The van der Waals surface area contributed by atoms with Crippen LogP contribution in [0.25, 0.3) is 10.6 Å². The van der Waals surface area contributed by atoms with E-state index in [2.05, 4.69) is 10.3 Å². The van der Waals surface area contributed by atoms with E-state index in [9.17, 15) is 9.59 Å². The van der Waals surface area contributed by atoms with E-state index in [0.717, 1.165) is 34.9 Å². The fourth-order valence-electron chi connectivity index (χ4n) is 2.95. The van der Waals surface area contributed by atoms with Crippen molar-refractivity contribution in [3.63, 3.8) is 0 Å². The van der Waals surface area contributed by atoms with Gasteiger partial charge in [-0.2, -0.15) is 11.3 Å². The highest BCUT2D eigenvalue weighted by atomic mass is 32.1. The molecule has 1 fully saturated rings. The molecule has 0 unspecified atom stereocenters. The highest BCUT2D eigenvalue weighted by molar-refractivity contribution is 7.14. The smallest absolute Gasteiger partial charge is 0.230 e. The van der Waals surface area contributed by atoms with Crippen LogP contribution in [0.3, 0.4) is 0 Å². The van der Waals surface area contributed by atoms with Crippen LogP contribution in [0.2, 0.25) is 0 Å². The lowest BCUT2D eigenvalue weighted by molar-refractivity contribution is -0.117. The molecule has 2 amide bonds. The van der Waals surface area contributed by atoms with Crippen molar-refractivity contribution in [2.75, 3.05) is 16.8 Å². The Kier molecular flexibility index (Phi) is 4.81. The lowest BCUT2D eigenvalue weighted by Gasteiger charge is -2.16. The molecule has 1 aliphatic heterocycles. The van der Waals surface area contributed by atoms with Gasteiger partial charge in [-0.05, 0) is 36.1 Å². The first-order valence-electron chi connectivity index (χ1n) is 8.36. The number of hydrogen-bond donors (Lipinski definition) is 1. The molecule has 1 aromatic carbocycles. The molecular weight excluding hydrogens is 366 g/mol. The minimum Gasteiger partial charge on any atom is -0.326 e. The first kappa shape index (κ1) is 16.9. The molecule has 7 heteroatoms. The van der Waals surface area contributed by atoms with Crippen LogP contribution in [0.15, 0.2) is 46.5 Å². The number of rotatable bonds is 5. The van der Waals surface area contributed by atoms with Crippen LogP contribution in [0.4, 0.5) is 11.4 Å². The van der Waals surface area contributed by atoms with E-state index >= 15 is 0 Å². The average molecular weight is 383 g/mol. The number of hydrogen-bond acceptors (Lipinski definition) is 5. The molecule has 1 aliphatic rings. The lowest BCUT2D eigenvalue weighted by atomic mass is 10.2. The van der Waals surface area contributed by atoms with E-state index in [4.69, 9.17) is 0 Å². The van der Waals surface area contributed by atoms with Crippen molar-refractivity contribution in [2.45, 2.75) is 19.3 Å². The summed E-state index contributed by atoms with van der Waals surface area (Å²) in [5, 5.41) is 9.82. The summed E-state index contributed by atoms with van der Waals surface area (Å²) in [5.74, 6) is 0.0222. The molecule has 4 rings (SSSR count). The number of carbonyl (C=O) groups is 2. The summed E-state index contributed by atoms with van der Waals surface area (Å²) in [4.78, 5) is 30.5. The topological polar surface area (TPSA) is 62.3 Å². The van der Waals surface area contributed by atoms with Crippen LogP contribution in [0, 0.1) is 0 Å². The van der Waals surface area contributed by atoms with E-state index in [1.807, 2.05) is 46.5 Å². The van der Waals surface area contributed by atoms with E-state index < -0.39 is 0 Å². The summed E-state index contributed by atoms with van der Waals surface area (Å²) in [7, 11) is 0. The maximum absolute atomic E-state index is 12.3. The second-order valence-corrected chi connectivity index (χ2v) is 7.72. The number of nitrogens with zero attached hydrogens (tertiary/aromatic N) is 2. The van der Waals surface area contributed by atoms with Crippen molar-refractivity contribution in [1.29, 1.82) is 0 Å². The van der Waals surface area contributed by atoms with Gasteiger partial charge in [-0.25, -0.2) is 4.98 Å². The summed E-state index contributed by atoms with van der Waals surface area (Å²) in [5.41, 5.74) is 3.38. The van der Waals surface area contributed by atoms with Crippen molar-refractivity contribution in [2.24, 2.45) is 0 Å². The highest BCUT2D eigenvalue weighted by Gasteiger charge is 2.21. The molecule has 0 saturated carbocycles. The zero-order valence-corrected chi connectivity index (χ0v) is 15.6. The Morgan fingerprint density at radius 2 is 2.19 bits per heavy atom. The number of nitrogens with one attached hydrogen (secondary N) is 1. The second-order valence-electron chi connectivity index (χ2n) is 6.08. The van der Waals surface area contributed by atoms with Crippen molar-refractivity contribution >= 4 is 45.9 Å². The normalized spacial score (nSPS) is 14.0. The van der Waals surface area contributed by atoms with Crippen molar-refractivity contribution < 1.29 is 9.59 Å². The van der Waals surface area contributed by atoms with Gasteiger partial charge in [-0.15, -0.1) is 11.3 Å². The maximum Gasteiger partial charge on any atom is 0.230 e. The first-order chi connectivity index (χ1) is 12.7. The largest absolute Gasteiger partial charge is 0.326 e. The Bertz CT molecular complexity index is 934. The highest BCUT2D eigenvalue weighted by Crippen LogP contribution is 2.26. The SMILES string of the molecule is O=C(Cc1csc(-c2ccsc2)n1)Nc1cccc(N2CCCC2=O)c1. The van der Waals surface area contributed by atoms with Gasteiger partial charge >= 0.3 is 0 Å². The first-order valence-corrected chi connectivity index (χ1v) is 10.2. The molecule has 0 atom stereocenters. The molecule has 1 saturated heterocycles. The second kappa shape index (κ2) is 7.39. The lowest BCUT2D eigenvalue weighted by Crippen LogP contribution is -2.23. The van der Waals surface area contributed by atoms with E-state index in [1.165, 1.54) is 0 Å². The summed E-state index contributed by atoms with van der Waals surface area (Å²) >= 11 is 3.18. The summed E-state index contributed by atoms with van der Waals surface area (Å²) in [6, 6.07) is 9.46. The van der Waals surface area contributed by atoms with Gasteiger partial charge in [0.15, 0.2) is 0 Å². The van der Waals surface area contributed by atoms with E-state index in [0.29, 0.717) is 12.1 Å². The quantitative estimate of drug-likeness (QED) is 0.719. The zero-order chi connectivity index (χ0) is 17.9. The predicted molar refractivity (Wildman–Crippen MR) is 106 cm³/mol. The van der Waals surface area contributed by atoms with Crippen molar-refractivity contribution in [1.82, 2.24) is 4.98 Å². The molecule has 3 aromatic rings. The van der Waals surface area contributed by atoms with Gasteiger partial charge in [0.2, 0.25) is 11.8 Å². The van der Waals surface area contributed by atoms with E-state index in [-0.39, 0.29) is 18.2 Å². The standard InChI is InChI=1S/C19H17N3O2S2/c23-17(10-15-12-26-19(21-15)13-6-8-25-11-13)20-14-3-1-4-16(9-14)22-7-2-5-18(22)24/h1,3-4,6,8-9,11-12H,2,5,7,10H2,(H,20,23). The third-order valence-corrected chi connectivity index (χ3v) is 5.80. The minimum atomic E-state index is -0.114. The van der Waals surface area contributed by atoms with Crippen LogP contribution in [0.1, 0.15) is 18.5 Å². The zero-order valence-electron chi connectivity index (χ0n) is 14.0. The molecule has 132 valence electrons. The molecule has 0 bridgehead atoms. The van der Waals surface area contributed by atoms with Gasteiger partial charge in [0.1, 0.15) is 5.01 Å². The number of thiophene rings is 1.